The molecular formula is C26H23ClN4O. The molecule has 0 saturated heterocycles. The number of rotatable bonds is 8. The van der Waals surface area contributed by atoms with E-state index >= 15 is 0 Å². The second-order valence-electron chi connectivity index (χ2n) is 6.98. The molecule has 4 aromatic rings. The highest BCUT2D eigenvalue weighted by Gasteiger charge is 2.20. The maximum absolute atomic E-state index is 6.18. The third-order valence-electron chi connectivity index (χ3n) is 4.81. The van der Waals surface area contributed by atoms with Crippen molar-refractivity contribution in [3.05, 3.63) is 119 Å². The van der Waals surface area contributed by atoms with Crippen LogP contribution in [0.25, 0.3) is 11.5 Å². The van der Waals surface area contributed by atoms with E-state index in [0.29, 0.717) is 17.5 Å². The number of hydrogen-bond acceptors (Lipinski definition) is 4. The number of hydrogen-bond donors (Lipinski definition) is 1. The molecule has 1 N–H and O–H groups in total. The molecule has 0 bridgehead atoms. The Bertz CT molecular complexity index is 1180. The quantitative estimate of drug-likeness (QED) is 0.257. The number of nitrogens with one attached hydrogen (secondary N) is 1. The van der Waals surface area contributed by atoms with Crippen LogP contribution in [-0.4, -0.2) is 21.4 Å². The van der Waals surface area contributed by atoms with Crippen molar-refractivity contribution in [2.75, 3.05) is 11.9 Å². The third kappa shape index (κ3) is 5.27. The molecule has 3 aromatic carbocycles. The molecule has 0 saturated carbocycles. The first-order valence-corrected chi connectivity index (χ1v) is 10.7. The molecule has 32 heavy (non-hydrogen) atoms. The number of aromatic nitrogens is 3. The van der Waals surface area contributed by atoms with Gasteiger partial charge in [0.2, 0.25) is 0 Å². The van der Waals surface area contributed by atoms with E-state index in [1.165, 1.54) is 6.33 Å². The van der Waals surface area contributed by atoms with E-state index in [1.807, 2.05) is 79.7 Å². The Morgan fingerprint density at radius 3 is 2.31 bits per heavy atom. The molecule has 0 amide bonds. The summed E-state index contributed by atoms with van der Waals surface area (Å²) in [7, 11) is 0. The number of nitrogens with zero attached hydrogens (tertiary/aromatic N) is 3. The van der Waals surface area contributed by atoms with Gasteiger partial charge in [0.1, 0.15) is 12.7 Å². The fourth-order valence-electron chi connectivity index (χ4n) is 3.33. The molecule has 1 heterocycles. The minimum atomic E-state index is -0.226. The summed E-state index contributed by atoms with van der Waals surface area (Å²) in [4.78, 5) is 4.06. The van der Waals surface area contributed by atoms with Crippen LogP contribution in [0.1, 0.15) is 24.1 Å². The van der Waals surface area contributed by atoms with Crippen molar-refractivity contribution in [1.29, 1.82) is 0 Å². The van der Waals surface area contributed by atoms with Gasteiger partial charge in [-0.25, -0.2) is 4.98 Å². The van der Waals surface area contributed by atoms with Crippen LogP contribution >= 0.6 is 11.6 Å². The minimum Gasteiger partial charge on any atom is -0.472 e. The van der Waals surface area contributed by atoms with Crippen LogP contribution in [0.4, 0.5) is 5.69 Å². The van der Waals surface area contributed by atoms with Crippen molar-refractivity contribution < 1.29 is 4.74 Å². The zero-order valence-electron chi connectivity index (χ0n) is 17.6. The first-order valence-electron chi connectivity index (χ1n) is 10.4. The van der Waals surface area contributed by atoms with Gasteiger partial charge in [0, 0.05) is 16.3 Å². The molecule has 160 valence electrons. The van der Waals surface area contributed by atoms with Crippen LogP contribution in [0.15, 0.2) is 103 Å². The van der Waals surface area contributed by atoms with Gasteiger partial charge in [-0.2, -0.15) is 9.78 Å². The summed E-state index contributed by atoms with van der Waals surface area (Å²) in [5.41, 5.74) is 7.42. The molecule has 1 atom stereocenters. The van der Waals surface area contributed by atoms with Gasteiger partial charge in [-0.3, -0.25) is 0 Å². The van der Waals surface area contributed by atoms with Crippen LogP contribution in [0.5, 0.6) is 0 Å². The predicted octanol–water partition coefficient (Wildman–Crippen LogP) is 6.30. The maximum atomic E-state index is 6.18. The highest BCUT2D eigenvalue weighted by atomic mass is 35.5. The molecule has 0 fully saturated rings. The number of ether oxygens (including phenoxy) is 1. The fraction of sp³-hybridized carbons (Fsp3) is 0.115. The van der Waals surface area contributed by atoms with Crippen molar-refractivity contribution in [1.82, 2.24) is 14.8 Å². The van der Waals surface area contributed by atoms with Crippen LogP contribution in [0, 0.1) is 0 Å². The van der Waals surface area contributed by atoms with Crippen LogP contribution in [-0.2, 0) is 4.74 Å². The zero-order valence-corrected chi connectivity index (χ0v) is 18.4. The standard InChI is InChI=1S/C26H23ClN4O/c1-2-32-25(31-19-28-18-29-31)17-24(20-9-5-3-6-10-20)26(21-13-15-22(27)16-14-21)30-23-11-7-4-8-12-23/h3-16,18-19,26,30H,2H2,1H3. The summed E-state index contributed by atoms with van der Waals surface area (Å²) in [6.45, 7) is 2.40. The lowest BCUT2D eigenvalue weighted by Gasteiger charge is -2.23. The van der Waals surface area contributed by atoms with Crippen molar-refractivity contribution in [3.63, 3.8) is 0 Å². The summed E-state index contributed by atoms with van der Waals surface area (Å²) in [5.74, 6) is 0.470. The molecule has 0 radical (unpaired) electrons. The van der Waals surface area contributed by atoms with Crippen molar-refractivity contribution >= 4 is 28.7 Å². The van der Waals surface area contributed by atoms with Crippen molar-refractivity contribution in [2.45, 2.75) is 13.0 Å². The normalized spacial score (nSPS) is 11.3. The van der Waals surface area contributed by atoms with E-state index in [-0.39, 0.29) is 6.04 Å². The van der Waals surface area contributed by atoms with E-state index < -0.39 is 0 Å². The lowest BCUT2D eigenvalue weighted by atomic mass is 9.93. The second-order valence-corrected chi connectivity index (χ2v) is 7.41. The Balaban J connectivity index is 1.94. The fourth-order valence-corrected chi connectivity index (χ4v) is 3.46. The van der Waals surface area contributed by atoms with Crippen molar-refractivity contribution in [2.24, 2.45) is 0 Å². The molecule has 1 unspecified atom stereocenters. The summed E-state index contributed by atoms with van der Waals surface area (Å²) >= 11 is 6.18. The predicted molar refractivity (Wildman–Crippen MR) is 129 cm³/mol. The number of anilines is 1. The van der Waals surface area contributed by atoms with E-state index in [1.54, 1.807) is 11.0 Å². The van der Waals surface area contributed by atoms with E-state index in [0.717, 1.165) is 22.4 Å². The lowest BCUT2D eigenvalue weighted by molar-refractivity contribution is 0.272. The number of benzene rings is 3. The molecule has 0 aliphatic rings. The summed E-state index contributed by atoms with van der Waals surface area (Å²) < 4.78 is 7.47. The summed E-state index contributed by atoms with van der Waals surface area (Å²) in [5, 5.41) is 8.57. The first kappa shape index (κ1) is 21.4. The molecule has 0 aliphatic carbocycles. The van der Waals surface area contributed by atoms with Gasteiger partial charge in [-0.1, -0.05) is 72.3 Å². The Hall–Kier alpha value is -3.79. The zero-order chi connectivity index (χ0) is 22.2. The first-order chi connectivity index (χ1) is 15.7. The Morgan fingerprint density at radius 1 is 1.00 bits per heavy atom. The number of halogens is 1. The Morgan fingerprint density at radius 2 is 1.69 bits per heavy atom. The van der Waals surface area contributed by atoms with Gasteiger partial charge >= 0.3 is 0 Å². The maximum Gasteiger partial charge on any atom is 0.263 e. The Kier molecular flexibility index (Phi) is 7.03. The molecule has 1 aromatic heterocycles. The van der Waals surface area contributed by atoms with Crippen LogP contribution < -0.4 is 5.32 Å². The van der Waals surface area contributed by atoms with E-state index in [2.05, 4.69) is 33.3 Å². The largest absolute Gasteiger partial charge is 0.472 e. The molecular weight excluding hydrogens is 420 g/mol. The molecule has 4 rings (SSSR count). The second kappa shape index (κ2) is 10.5. The van der Waals surface area contributed by atoms with Gasteiger partial charge < -0.3 is 10.1 Å². The monoisotopic (exact) mass is 442 g/mol. The number of para-hydroxylation sites is 1. The van der Waals surface area contributed by atoms with Crippen molar-refractivity contribution in [3.8, 4) is 0 Å². The minimum absolute atomic E-state index is 0.226. The smallest absolute Gasteiger partial charge is 0.263 e. The highest BCUT2D eigenvalue weighted by molar-refractivity contribution is 6.30. The summed E-state index contributed by atoms with van der Waals surface area (Å²) in [6.07, 6.45) is 3.07. The van der Waals surface area contributed by atoms with Gasteiger partial charge in [-0.05, 0) is 48.0 Å². The van der Waals surface area contributed by atoms with Gasteiger partial charge in [0.25, 0.3) is 5.88 Å². The topological polar surface area (TPSA) is 52.0 Å². The average molecular weight is 443 g/mol. The molecule has 0 spiro atoms. The molecule has 6 heteroatoms. The van der Waals surface area contributed by atoms with Gasteiger partial charge in [-0.15, -0.1) is 0 Å². The molecule has 5 nitrogen and oxygen atoms in total. The Labute approximate surface area is 192 Å². The third-order valence-corrected chi connectivity index (χ3v) is 5.06. The van der Waals surface area contributed by atoms with Crippen LogP contribution in [0.2, 0.25) is 5.02 Å². The van der Waals surface area contributed by atoms with E-state index in [9.17, 15) is 0 Å². The average Bonchev–Trinajstić information content (AvgIpc) is 3.37. The summed E-state index contributed by atoms with van der Waals surface area (Å²) in [6, 6.07) is 27.8. The SMILES string of the molecule is CCOC(=C=C(c1ccccc1)C(Nc1ccccc1)c1ccc(Cl)cc1)n1cncn1. The van der Waals surface area contributed by atoms with Gasteiger partial charge in [0.05, 0.1) is 12.6 Å². The van der Waals surface area contributed by atoms with Crippen LogP contribution in [0.3, 0.4) is 0 Å². The lowest BCUT2D eigenvalue weighted by Crippen LogP contribution is -2.13. The van der Waals surface area contributed by atoms with E-state index in [4.69, 9.17) is 16.3 Å². The highest BCUT2D eigenvalue weighted by Crippen LogP contribution is 2.34. The van der Waals surface area contributed by atoms with Gasteiger partial charge in [0.15, 0.2) is 0 Å². The molecule has 0 aliphatic heterocycles.